The number of anilines is 1. The van der Waals surface area contributed by atoms with Gasteiger partial charge < -0.3 is 15.2 Å². The van der Waals surface area contributed by atoms with Crippen molar-refractivity contribution in [3.63, 3.8) is 0 Å². The summed E-state index contributed by atoms with van der Waals surface area (Å²) in [6.07, 6.45) is -0.504. The van der Waals surface area contributed by atoms with Crippen molar-refractivity contribution in [2.75, 3.05) is 11.9 Å². The monoisotopic (exact) mass is 420 g/mol. The Balaban J connectivity index is 1.55. The molecule has 0 amide bonds. The number of thiazole rings is 1. The van der Waals surface area contributed by atoms with Crippen LogP contribution in [0.5, 0.6) is 5.75 Å². The molecule has 0 radical (unpaired) electrons. The molecule has 1 unspecified atom stereocenters. The molecule has 30 heavy (non-hydrogen) atoms. The minimum absolute atomic E-state index is 0.0197. The SMILES string of the molecule is Cc1nc(NC(C)c2cccc(OC[C@H](C)O)c2)cc(-c2ccc3ncsc3c2)n1. The fourth-order valence-electron chi connectivity index (χ4n) is 3.20. The molecule has 4 aromatic rings. The standard InChI is InChI=1S/C23H24N4O2S/c1-14(28)12-29-19-6-4-5-17(9-19)15(2)25-23-11-21(26-16(3)27-23)18-7-8-20-22(10-18)30-13-24-20/h4-11,13-15,28H,12H2,1-3H3,(H,25,26,27)/t14-,15?/m0/s1. The predicted octanol–water partition coefficient (Wildman–Crippen LogP) is 4.99. The van der Waals surface area contributed by atoms with Gasteiger partial charge in [0.1, 0.15) is 24.0 Å². The lowest BCUT2D eigenvalue weighted by molar-refractivity contribution is 0.122. The zero-order valence-corrected chi connectivity index (χ0v) is 18.0. The van der Waals surface area contributed by atoms with Crippen LogP contribution in [-0.2, 0) is 0 Å². The summed E-state index contributed by atoms with van der Waals surface area (Å²) in [4.78, 5) is 13.5. The van der Waals surface area contributed by atoms with Crippen molar-refractivity contribution in [2.24, 2.45) is 0 Å². The van der Waals surface area contributed by atoms with Crippen LogP contribution in [-0.4, -0.2) is 32.8 Å². The van der Waals surface area contributed by atoms with Gasteiger partial charge in [0, 0.05) is 11.6 Å². The Labute approximate surface area is 179 Å². The van der Waals surface area contributed by atoms with Crippen LogP contribution in [0.25, 0.3) is 21.5 Å². The summed E-state index contributed by atoms with van der Waals surface area (Å²) in [6, 6.07) is 16.0. The van der Waals surface area contributed by atoms with Gasteiger partial charge in [0.25, 0.3) is 0 Å². The van der Waals surface area contributed by atoms with E-state index in [0.717, 1.165) is 38.6 Å². The van der Waals surface area contributed by atoms with Gasteiger partial charge in [-0.15, -0.1) is 11.3 Å². The highest BCUT2D eigenvalue weighted by Gasteiger charge is 2.11. The molecule has 2 aromatic carbocycles. The molecule has 7 heteroatoms. The van der Waals surface area contributed by atoms with Crippen molar-refractivity contribution < 1.29 is 9.84 Å². The second-order valence-electron chi connectivity index (χ2n) is 7.32. The molecule has 0 spiro atoms. The number of aromatic nitrogens is 3. The van der Waals surface area contributed by atoms with Crippen molar-refractivity contribution in [1.82, 2.24) is 15.0 Å². The van der Waals surface area contributed by atoms with Crippen LogP contribution in [0.15, 0.2) is 54.0 Å². The topological polar surface area (TPSA) is 80.2 Å². The number of aliphatic hydroxyl groups excluding tert-OH is 1. The zero-order valence-electron chi connectivity index (χ0n) is 17.2. The molecule has 0 saturated carbocycles. The highest BCUT2D eigenvalue weighted by atomic mass is 32.1. The molecule has 2 aromatic heterocycles. The average Bonchev–Trinajstić information content (AvgIpc) is 3.20. The Hall–Kier alpha value is -3.03. The first kappa shape index (κ1) is 20.3. The van der Waals surface area contributed by atoms with Gasteiger partial charge in [0.05, 0.1) is 33.6 Å². The molecule has 0 saturated heterocycles. The lowest BCUT2D eigenvalue weighted by Crippen LogP contribution is -2.13. The van der Waals surface area contributed by atoms with Crippen molar-refractivity contribution in [3.05, 3.63) is 65.4 Å². The Morgan fingerprint density at radius 3 is 2.80 bits per heavy atom. The number of aliphatic hydroxyl groups is 1. The van der Waals surface area contributed by atoms with Gasteiger partial charge in [-0.25, -0.2) is 15.0 Å². The summed E-state index contributed by atoms with van der Waals surface area (Å²) in [5.74, 6) is 2.21. The molecular formula is C23H24N4O2S. The first-order valence-corrected chi connectivity index (χ1v) is 10.7. The Morgan fingerprint density at radius 2 is 1.97 bits per heavy atom. The minimum Gasteiger partial charge on any atom is -0.491 e. The molecule has 0 aliphatic carbocycles. The number of benzene rings is 2. The highest BCUT2D eigenvalue weighted by molar-refractivity contribution is 7.16. The van der Waals surface area contributed by atoms with Crippen molar-refractivity contribution >= 4 is 27.4 Å². The molecule has 2 atom stereocenters. The third kappa shape index (κ3) is 4.75. The van der Waals surface area contributed by atoms with Crippen LogP contribution in [0, 0.1) is 6.92 Å². The zero-order chi connectivity index (χ0) is 21.1. The molecule has 2 heterocycles. The number of hydrogen-bond acceptors (Lipinski definition) is 7. The van der Waals surface area contributed by atoms with Gasteiger partial charge in [0.15, 0.2) is 0 Å². The first-order chi connectivity index (χ1) is 14.5. The van der Waals surface area contributed by atoms with Crippen LogP contribution >= 0.6 is 11.3 Å². The van der Waals surface area contributed by atoms with Gasteiger partial charge in [-0.3, -0.25) is 0 Å². The molecule has 0 aliphatic heterocycles. The van der Waals surface area contributed by atoms with E-state index in [1.807, 2.05) is 54.9 Å². The number of rotatable bonds is 7. The largest absolute Gasteiger partial charge is 0.491 e. The maximum Gasteiger partial charge on any atom is 0.130 e. The smallest absolute Gasteiger partial charge is 0.130 e. The summed E-state index contributed by atoms with van der Waals surface area (Å²) < 4.78 is 6.76. The second-order valence-corrected chi connectivity index (χ2v) is 8.21. The van der Waals surface area contributed by atoms with E-state index >= 15 is 0 Å². The van der Waals surface area contributed by atoms with E-state index in [9.17, 15) is 5.11 Å². The fourth-order valence-corrected chi connectivity index (χ4v) is 3.92. The molecule has 0 aliphatic rings. The van der Waals surface area contributed by atoms with Crippen LogP contribution in [0.2, 0.25) is 0 Å². The van der Waals surface area contributed by atoms with E-state index in [1.54, 1.807) is 18.3 Å². The molecular weight excluding hydrogens is 396 g/mol. The molecule has 4 rings (SSSR count). The first-order valence-electron chi connectivity index (χ1n) is 9.84. The van der Waals surface area contributed by atoms with Crippen molar-refractivity contribution in [2.45, 2.75) is 32.9 Å². The molecule has 154 valence electrons. The second kappa shape index (κ2) is 8.77. The quantitative estimate of drug-likeness (QED) is 0.438. The normalized spacial score (nSPS) is 13.2. The predicted molar refractivity (Wildman–Crippen MR) is 121 cm³/mol. The number of nitrogens with zero attached hydrogens (tertiary/aromatic N) is 3. The number of hydrogen-bond donors (Lipinski definition) is 2. The van der Waals surface area contributed by atoms with E-state index in [4.69, 9.17) is 4.74 Å². The lowest BCUT2D eigenvalue weighted by Gasteiger charge is -2.17. The van der Waals surface area contributed by atoms with E-state index < -0.39 is 6.10 Å². The van der Waals surface area contributed by atoms with Crippen molar-refractivity contribution in [1.29, 1.82) is 0 Å². The number of nitrogens with one attached hydrogen (secondary N) is 1. The summed E-state index contributed by atoms with van der Waals surface area (Å²) >= 11 is 1.62. The molecule has 6 nitrogen and oxygen atoms in total. The molecule has 2 N–H and O–H groups in total. The highest BCUT2D eigenvalue weighted by Crippen LogP contribution is 2.28. The van der Waals surface area contributed by atoms with Crippen molar-refractivity contribution in [3.8, 4) is 17.0 Å². The number of fused-ring (bicyclic) bond motifs is 1. The maximum atomic E-state index is 9.42. The van der Waals surface area contributed by atoms with Crippen LogP contribution in [0.3, 0.4) is 0 Å². The molecule has 0 fully saturated rings. The van der Waals surface area contributed by atoms with Gasteiger partial charge in [0.2, 0.25) is 0 Å². The van der Waals surface area contributed by atoms with E-state index in [-0.39, 0.29) is 12.6 Å². The number of aryl methyl sites for hydroxylation is 1. The summed E-state index contributed by atoms with van der Waals surface area (Å²) in [6.45, 7) is 5.95. The van der Waals surface area contributed by atoms with Crippen LogP contribution < -0.4 is 10.1 Å². The Kier molecular flexibility index (Phi) is 5.92. The van der Waals surface area contributed by atoms with Gasteiger partial charge in [-0.2, -0.15) is 0 Å². The summed E-state index contributed by atoms with van der Waals surface area (Å²) in [5, 5.41) is 12.9. The third-order valence-corrected chi connectivity index (χ3v) is 5.47. The van der Waals surface area contributed by atoms with Crippen LogP contribution in [0.4, 0.5) is 5.82 Å². The van der Waals surface area contributed by atoms with E-state index in [2.05, 4.69) is 33.3 Å². The van der Waals surface area contributed by atoms with Gasteiger partial charge in [-0.1, -0.05) is 18.2 Å². The lowest BCUT2D eigenvalue weighted by atomic mass is 10.1. The third-order valence-electron chi connectivity index (χ3n) is 4.68. The minimum atomic E-state index is -0.504. The fraction of sp³-hybridized carbons (Fsp3) is 0.261. The Bertz CT molecular complexity index is 1160. The summed E-state index contributed by atoms with van der Waals surface area (Å²) in [5.41, 5.74) is 5.84. The Morgan fingerprint density at radius 1 is 1.10 bits per heavy atom. The van der Waals surface area contributed by atoms with Crippen LogP contribution in [0.1, 0.15) is 31.3 Å². The number of ether oxygens (including phenoxy) is 1. The molecule has 0 bridgehead atoms. The summed E-state index contributed by atoms with van der Waals surface area (Å²) in [7, 11) is 0. The maximum absolute atomic E-state index is 9.42. The van der Waals surface area contributed by atoms with Gasteiger partial charge >= 0.3 is 0 Å². The van der Waals surface area contributed by atoms with E-state index in [1.165, 1.54) is 0 Å². The van der Waals surface area contributed by atoms with E-state index in [0.29, 0.717) is 5.82 Å². The van der Waals surface area contributed by atoms with Gasteiger partial charge in [-0.05, 0) is 50.6 Å². The average molecular weight is 421 g/mol.